The molecule has 76 heavy (non-hydrogen) atoms. The number of halogens is 4. The first-order valence-corrected chi connectivity index (χ1v) is 24.4. The van der Waals surface area contributed by atoms with Gasteiger partial charge in [-0.1, -0.05) is 34.8 Å². The van der Waals surface area contributed by atoms with Gasteiger partial charge in [-0.3, -0.25) is 57.4 Å². The molecule has 0 atom stereocenters. The van der Waals surface area contributed by atoms with Gasteiger partial charge in [-0.05, 0) is 93.9 Å². The van der Waals surface area contributed by atoms with E-state index in [1.807, 2.05) is 0 Å². The molecule has 0 unspecified atom stereocenters. The molecule has 3 amide bonds. The second-order valence-electron chi connectivity index (χ2n) is 18.3. The number of aromatic nitrogens is 12. The van der Waals surface area contributed by atoms with E-state index in [9.17, 15) is 28.8 Å². The Kier molecular flexibility index (Phi) is 13.8. The molecule has 12 heterocycles. The number of carbonyl (C=O) groups is 3. The van der Waals surface area contributed by atoms with Crippen LogP contribution in [0, 0.1) is 0 Å². The van der Waals surface area contributed by atoms with Gasteiger partial charge in [-0.15, -0.1) is 0 Å². The summed E-state index contributed by atoms with van der Waals surface area (Å²) in [6, 6.07) is 9.60. The maximum Gasteiger partial charge on any atom is 0.276 e. The third-order valence-electron chi connectivity index (χ3n) is 11.8. The van der Waals surface area contributed by atoms with Gasteiger partial charge < -0.3 is 32.3 Å². The van der Waals surface area contributed by atoms with E-state index in [0.717, 1.165) is 10.9 Å². The Hall–Kier alpha value is -8.52. The lowest BCUT2D eigenvalue weighted by Crippen LogP contribution is -2.42. The summed E-state index contributed by atoms with van der Waals surface area (Å²) < 4.78 is 4.41. The van der Waals surface area contributed by atoms with E-state index in [4.69, 9.17) is 40.5 Å². The van der Waals surface area contributed by atoms with Crippen LogP contribution in [-0.4, -0.2) is 76.3 Å². The molecule has 0 fully saturated rings. The summed E-state index contributed by atoms with van der Waals surface area (Å²) in [4.78, 5) is 110. The molecule has 0 saturated heterocycles. The van der Waals surface area contributed by atoms with Gasteiger partial charge in [0.2, 0.25) is 0 Å². The smallest absolute Gasteiger partial charge is 0.276 e. The van der Waals surface area contributed by atoms with Gasteiger partial charge in [0, 0.05) is 37.2 Å². The molecule has 0 aliphatic carbocycles. The molecule has 3 aliphatic heterocycles. The van der Waals surface area contributed by atoms with Crippen LogP contribution in [0.25, 0.3) is 32.7 Å². The van der Waals surface area contributed by atoms with Gasteiger partial charge in [0.25, 0.3) is 34.4 Å². The van der Waals surface area contributed by atoms with Crippen molar-refractivity contribution in [2.75, 3.05) is 16.4 Å². The van der Waals surface area contributed by atoms with Crippen molar-refractivity contribution in [2.45, 2.75) is 58.5 Å². The summed E-state index contributed by atoms with van der Waals surface area (Å²) in [7, 11) is 0. The molecule has 0 radical (unpaired) electrons. The quantitative estimate of drug-likeness (QED) is 0.112. The van der Waals surface area contributed by atoms with Gasteiger partial charge in [0.05, 0.1) is 52.2 Å². The molecule has 24 nitrogen and oxygen atoms in total. The first kappa shape index (κ1) is 52.3. The predicted molar refractivity (Wildman–Crippen MR) is 288 cm³/mol. The Morgan fingerprint density at radius 3 is 1.24 bits per heavy atom. The molecule has 12 rings (SSSR count). The zero-order valence-corrected chi connectivity index (χ0v) is 44.4. The van der Waals surface area contributed by atoms with Crippen LogP contribution in [0.15, 0.2) is 111 Å². The zero-order chi connectivity index (χ0) is 54.6. The number of pyridine rings is 6. The summed E-state index contributed by atoms with van der Waals surface area (Å²) in [6.45, 7) is 10.4. The zero-order valence-electron chi connectivity index (χ0n) is 40.6. The molecule has 7 N–H and O–H groups in total. The van der Waals surface area contributed by atoms with Crippen LogP contribution in [-0.2, 0) is 17.0 Å². The minimum atomic E-state index is -0.875. The maximum absolute atomic E-state index is 12.9. The number of carbonyl (C=O) groups excluding carboxylic acids is 3. The Bertz CT molecular complexity index is 3900. The van der Waals surface area contributed by atoms with Gasteiger partial charge in [0.1, 0.15) is 81.9 Å². The second-order valence-corrected chi connectivity index (χ2v) is 20.4. The number of nitrogens with zero attached hydrogens (tertiary/aromatic N) is 12. The molecule has 28 heteroatoms. The van der Waals surface area contributed by atoms with E-state index in [0.29, 0.717) is 43.7 Å². The van der Waals surface area contributed by atoms with Gasteiger partial charge >= 0.3 is 0 Å². The molecule has 0 saturated carbocycles. The van der Waals surface area contributed by atoms with Crippen LogP contribution < -0.4 is 49.0 Å². The number of amides is 3. The highest BCUT2D eigenvalue weighted by Crippen LogP contribution is 2.32. The SMILES string of the molecule is CC1(C)NC(=O)c2c(Cl)cc(Br)c(=O)n21.CC1(C)NC(=O)c2c(Cl)cc(Nc3ncnc4ccncc34)c(=O)n21.CC1(C)NC(=O)c2c(Cl)cc(Nc3ncnc4ccncc34)c(=O)n21.Nc1ncnc2ccncc12. The fourth-order valence-electron chi connectivity index (χ4n) is 8.49. The van der Waals surface area contributed by atoms with Crippen molar-refractivity contribution >= 4 is 130 Å². The number of rotatable bonds is 4. The molecule has 0 spiro atoms. The fourth-order valence-corrected chi connectivity index (χ4v) is 9.87. The van der Waals surface area contributed by atoms with Crippen LogP contribution in [0.4, 0.5) is 28.8 Å². The summed E-state index contributed by atoms with van der Waals surface area (Å²) in [6.07, 6.45) is 14.0. The van der Waals surface area contributed by atoms with Crippen LogP contribution in [0.5, 0.6) is 0 Å². The lowest BCUT2D eigenvalue weighted by atomic mass is 10.2. The molecular formula is C48H40BrCl3N18O6. The molecule has 386 valence electrons. The number of nitrogens with two attached hydrogens (primary N) is 1. The maximum atomic E-state index is 12.9. The fraction of sp³-hybridized carbons (Fsp3) is 0.188. The largest absolute Gasteiger partial charge is 0.383 e. The second kappa shape index (κ2) is 20.0. The van der Waals surface area contributed by atoms with E-state index in [1.54, 1.807) is 96.9 Å². The van der Waals surface area contributed by atoms with Crippen LogP contribution in [0.2, 0.25) is 15.1 Å². The monoisotopic (exact) mass is 1150 g/mol. The average molecular weight is 1150 g/mol. The third-order valence-corrected chi connectivity index (χ3v) is 13.3. The van der Waals surface area contributed by atoms with Crippen molar-refractivity contribution in [3.63, 3.8) is 0 Å². The lowest BCUT2D eigenvalue weighted by Gasteiger charge is -2.22. The van der Waals surface area contributed by atoms with E-state index in [2.05, 4.69) is 87.4 Å². The van der Waals surface area contributed by atoms with Crippen molar-refractivity contribution < 1.29 is 14.4 Å². The molecular weight excluding hydrogens is 1110 g/mol. The molecule has 9 aromatic heterocycles. The minimum Gasteiger partial charge on any atom is -0.383 e. The summed E-state index contributed by atoms with van der Waals surface area (Å²) in [5, 5.41) is 16.9. The molecule has 0 aromatic carbocycles. The first-order chi connectivity index (χ1) is 36.0. The van der Waals surface area contributed by atoms with Gasteiger partial charge in [0.15, 0.2) is 0 Å². The number of fused-ring (bicyclic) bond motifs is 6. The van der Waals surface area contributed by atoms with Crippen molar-refractivity contribution in [3.8, 4) is 0 Å². The highest BCUT2D eigenvalue weighted by molar-refractivity contribution is 9.10. The first-order valence-electron chi connectivity index (χ1n) is 22.4. The summed E-state index contributed by atoms with van der Waals surface area (Å²) in [5.74, 6) is 0.257. The Balaban J connectivity index is 0.000000130. The summed E-state index contributed by atoms with van der Waals surface area (Å²) in [5.41, 5.74) is 5.20. The third kappa shape index (κ3) is 9.71. The normalized spacial score (nSPS) is 14.8. The van der Waals surface area contributed by atoms with Crippen molar-refractivity contribution in [3.05, 3.63) is 160 Å². The van der Waals surface area contributed by atoms with Crippen LogP contribution in [0.1, 0.15) is 73.0 Å². The minimum absolute atomic E-state index is 0.149. The number of hydrogen-bond acceptors (Lipinski definition) is 18. The number of nitrogens with one attached hydrogen (secondary N) is 5. The number of anilines is 5. The lowest BCUT2D eigenvalue weighted by molar-refractivity contribution is 0.0925. The van der Waals surface area contributed by atoms with E-state index < -0.39 is 17.0 Å². The van der Waals surface area contributed by atoms with E-state index in [-0.39, 0.29) is 77.9 Å². The van der Waals surface area contributed by atoms with Crippen molar-refractivity contribution in [1.82, 2.24) is 74.5 Å². The predicted octanol–water partition coefficient (Wildman–Crippen LogP) is 6.35. The van der Waals surface area contributed by atoms with Gasteiger partial charge in [-0.2, -0.15) is 0 Å². The standard InChI is InChI=1S/2C16H13ClN6O2.C9H8BrClN2O2.C7H6N4/c2*1-16(2)22-14(24)12-9(17)5-11(15(25)23(12)16)21-13-8-6-18-4-3-10(8)19-7-20-13;1-9(2)12-7(14)6-5(11)3-4(10)8(15)13(6)9;8-7-5-3-9-2-1-6(5)10-4-11-7/h2*3-7H,1-2H3,(H,22,24)(H,19,20,21);3H,1-2H3,(H,12,14);1-4H,(H2,8,10,11). The van der Waals surface area contributed by atoms with E-state index >= 15 is 0 Å². The molecule has 9 aromatic rings. The Morgan fingerprint density at radius 2 is 0.842 bits per heavy atom. The van der Waals surface area contributed by atoms with E-state index in [1.165, 1.54) is 50.9 Å². The molecule has 0 bridgehead atoms. The highest BCUT2D eigenvalue weighted by Gasteiger charge is 2.40. The highest BCUT2D eigenvalue weighted by atomic mass is 79.9. The van der Waals surface area contributed by atoms with Crippen LogP contribution in [0.3, 0.4) is 0 Å². The van der Waals surface area contributed by atoms with Crippen molar-refractivity contribution in [1.29, 1.82) is 0 Å². The Labute approximate surface area is 451 Å². The summed E-state index contributed by atoms with van der Waals surface area (Å²) >= 11 is 21.5. The Morgan fingerprint density at radius 1 is 0.500 bits per heavy atom. The van der Waals surface area contributed by atoms with Crippen LogP contribution >= 0.6 is 50.7 Å². The van der Waals surface area contributed by atoms with Gasteiger partial charge in [-0.25, -0.2) is 29.9 Å². The topological polar surface area (TPSA) is 319 Å². The number of nitrogen functional groups attached to an aromatic ring is 1. The van der Waals surface area contributed by atoms with Crippen molar-refractivity contribution in [2.24, 2.45) is 0 Å². The number of hydrogen-bond donors (Lipinski definition) is 6. The average Bonchev–Trinajstić information content (AvgIpc) is 3.90. The molecule has 3 aliphatic rings.